The predicted octanol–water partition coefficient (Wildman–Crippen LogP) is 2.23. The molecule has 2 aliphatic rings. The van der Waals surface area contributed by atoms with Crippen LogP contribution in [0.4, 0.5) is 5.69 Å². The highest BCUT2D eigenvalue weighted by atomic mass is 16.1. The molecule has 5 nitrogen and oxygen atoms in total. The summed E-state index contributed by atoms with van der Waals surface area (Å²) in [6.45, 7) is 0. The minimum Gasteiger partial charge on any atom is -0.320 e. The summed E-state index contributed by atoms with van der Waals surface area (Å²) >= 11 is 0. The van der Waals surface area contributed by atoms with Crippen LogP contribution >= 0.6 is 0 Å². The summed E-state index contributed by atoms with van der Waals surface area (Å²) in [5, 5.41) is 10.7. The van der Waals surface area contributed by atoms with Crippen molar-refractivity contribution in [2.45, 2.75) is 0 Å². The number of nitrogens with zero attached hydrogens (tertiary/aromatic N) is 3. The van der Waals surface area contributed by atoms with Crippen LogP contribution in [-0.2, 0) is 0 Å². The molecule has 1 aliphatic carbocycles. The first-order chi connectivity index (χ1) is 9.34. The number of carbonyl (C=O) groups is 1. The Morgan fingerprint density at radius 2 is 1.74 bits per heavy atom. The van der Waals surface area contributed by atoms with Crippen molar-refractivity contribution >= 4 is 11.6 Å². The van der Waals surface area contributed by atoms with Crippen molar-refractivity contribution in [3.05, 3.63) is 60.6 Å². The maximum atomic E-state index is 12.2. The summed E-state index contributed by atoms with van der Waals surface area (Å²) in [5.74, 6) is -0.278. The Morgan fingerprint density at radius 3 is 2.58 bits per heavy atom. The molecule has 0 saturated carbocycles. The zero-order chi connectivity index (χ0) is 13.1. The van der Waals surface area contributed by atoms with Crippen molar-refractivity contribution in [1.82, 2.24) is 15.2 Å². The number of rotatable bonds is 2. The van der Waals surface area contributed by atoms with Gasteiger partial charge in [0, 0.05) is 23.6 Å². The lowest BCUT2D eigenvalue weighted by Gasteiger charge is -2.02. The number of fused-ring (bicyclic) bond motifs is 1. The molecule has 0 fully saturated rings. The number of hydrogen-bond donors (Lipinski definition) is 1. The number of hydrogen-bond acceptors (Lipinski definition) is 4. The van der Waals surface area contributed by atoms with Crippen molar-refractivity contribution in [1.29, 1.82) is 0 Å². The largest absolute Gasteiger partial charge is 0.320 e. The molecular weight excluding hydrogens is 240 g/mol. The third-order valence-electron chi connectivity index (χ3n) is 2.68. The fourth-order valence-corrected chi connectivity index (χ4v) is 1.78. The van der Waals surface area contributed by atoms with Gasteiger partial charge in [-0.05, 0) is 18.2 Å². The first kappa shape index (κ1) is 11.3. The van der Waals surface area contributed by atoms with Crippen molar-refractivity contribution in [2.24, 2.45) is 0 Å². The van der Waals surface area contributed by atoms with E-state index in [0.29, 0.717) is 17.1 Å². The van der Waals surface area contributed by atoms with E-state index in [2.05, 4.69) is 20.5 Å². The molecule has 1 N–H and O–H groups in total. The summed E-state index contributed by atoms with van der Waals surface area (Å²) in [6.07, 6.45) is 3.23. The summed E-state index contributed by atoms with van der Waals surface area (Å²) in [7, 11) is 0. The SMILES string of the molecule is O=C(Nc1ccncc1)c1nnc2cccccc1-2. The Balaban J connectivity index is 1.92. The highest BCUT2D eigenvalue weighted by Crippen LogP contribution is 2.22. The second-order valence-corrected chi connectivity index (χ2v) is 3.95. The van der Waals surface area contributed by atoms with Crippen LogP contribution in [0.2, 0.25) is 0 Å². The molecule has 92 valence electrons. The molecule has 1 aromatic rings. The summed E-state index contributed by atoms with van der Waals surface area (Å²) in [4.78, 5) is 16.1. The van der Waals surface area contributed by atoms with Crippen LogP contribution in [0.1, 0.15) is 10.5 Å². The fourth-order valence-electron chi connectivity index (χ4n) is 1.78. The van der Waals surface area contributed by atoms with Crippen LogP contribution in [0.5, 0.6) is 0 Å². The molecule has 1 aromatic heterocycles. The average molecular weight is 250 g/mol. The van der Waals surface area contributed by atoms with Gasteiger partial charge in [-0.15, -0.1) is 10.2 Å². The molecule has 5 heteroatoms. The molecule has 0 saturated heterocycles. The maximum absolute atomic E-state index is 12.2. The van der Waals surface area contributed by atoms with E-state index in [-0.39, 0.29) is 5.91 Å². The molecule has 0 radical (unpaired) electrons. The van der Waals surface area contributed by atoms with E-state index in [1.54, 1.807) is 24.5 Å². The number of nitrogens with one attached hydrogen (secondary N) is 1. The minimum absolute atomic E-state index is 0.278. The Morgan fingerprint density at radius 1 is 0.947 bits per heavy atom. The molecule has 0 bridgehead atoms. The van der Waals surface area contributed by atoms with Gasteiger partial charge in [0.05, 0.1) is 5.69 Å². The number of carbonyl (C=O) groups excluding carboxylic acids is 1. The van der Waals surface area contributed by atoms with Gasteiger partial charge in [-0.1, -0.05) is 24.3 Å². The van der Waals surface area contributed by atoms with Gasteiger partial charge in [0.25, 0.3) is 5.91 Å². The molecule has 0 atom stereocenters. The van der Waals surface area contributed by atoms with E-state index in [4.69, 9.17) is 0 Å². The molecule has 2 heterocycles. The van der Waals surface area contributed by atoms with E-state index in [1.807, 2.05) is 30.3 Å². The highest BCUT2D eigenvalue weighted by molar-refractivity contribution is 6.07. The lowest BCUT2D eigenvalue weighted by atomic mass is 10.1. The second kappa shape index (κ2) is 4.81. The standard InChI is InChI=1S/C14H10N4O/c19-14(16-10-6-8-15-9-7-10)13-11-4-2-1-3-5-12(11)17-18-13/h1-9H,(H,15,16,19). The first-order valence-corrected chi connectivity index (χ1v) is 5.77. The van der Waals surface area contributed by atoms with Gasteiger partial charge in [-0.25, -0.2) is 0 Å². The molecule has 3 rings (SSSR count). The lowest BCUT2D eigenvalue weighted by molar-refractivity contribution is 0.102. The van der Waals surface area contributed by atoms with Gasteiger partial charge in [0.1, 0.15) is 0 Å². The Bertz CT molecular complexity index is 684. The van der Waals surface area contributed by atoms with Crippen LogP contribution in [0, 0.1) is 0 Å². The van der Waals surface area contributed by atoms with Gasteiger partial charge in [-0.3, -0.25) is 9.78 Å². The van der Waals surface area contributed by atoms with Gasteiger partial charge >= 0.3 is 0 Å². The molecular formula is C14H10N4O. The molecule has 1 aliphatic heterocycles. The summed E-state index contributed by atoms with van der Waals surface area (Å²) in [6, 6.07) is 12.7. The van der Waals surface area contributed by atoms with Crippen LogP contribution < -0.4 is 5.32 Å². The zero-order valence-electron chi connectivity index (χ0n) is 9.95. The van der Waals surface area contributed by atoms with Crippen LogP contribution in [0.15, 0.2) is 54.9 Å². The second-order valence-electron chi connectivity index (χ2n) is 3.95. The normalized spacial score (nSPS) is 10.3. The van der Waals surface area contributed by atoms with Crippen molar-refractivity contribution in [3.63, 3.8) is 0 Å². The van der Waals surface area contributed by atoms with Crippen molar-refractivity contribution < 1.29 is 4.79 Å². The summed E-state index contributed by atoms with van der Waals surface area (Å²) in [5.41, 5.74) is 2.43. The third kappa shape index (κ3) is 2.26. The lowest BCUT2D eigenvalue weighted by Crippen LogP contribution is -2.13. The molecule has 0 aromatic carbocycles. The average Bonchev–Trinajstić information content (AvgIpc) is 2.69. The predicted molar refractivity (Wildman–Crippen MR) is 70.8 cm³/mol. The molecule has 0 spiro atoms. The molecule has 19 heavy (non-hydrogen) atoms. The van der Waals surface area contributed by atoms with Gasteiger partial charge in [-0.2, -0.15) is 0 Å². The monoisotopic (exact) mass is 250 g/mol. The molecule has 0 unspecified atom stereocenters. The zero-order valence-corrected chi connectivity index (χ0v) is 9.95. The van der Waals surface area contributed by atoms with Crippen molar-refractivity contribution in [3.8, 4) is 11.3 Å². The van der Waals surface area contributed by atoms with E-state index in [1.165, 1.54) is 0 Å². The third-order valence-corrected chi connectivity index (χ3v) is 2.68. The topological polar surface area (TPSA) is 67.8 Å². The number of aromatic nitrogens is 3. The van der Waals surface area contributed by atoms with Gasteiger partial charge in [0.15, 0.2) is 5.69 Å². The Labute approximate surface area is 109 Å². The van der Waals surface area contributed by atoms with E-state index in [0.717, 1.165) is 5.56 Å². The van der Waals surface area contributed by atoms with Gasteiger partial charge < -0.3 is 5.32 Å². The number of pyridine rings is 1. The van der Waals surface area contributed by atoms with Crippen LogP contribution in [-0.4, -0.2) is 21.1 Å². The minimum atomic E-state index is -0.278. The fraction of sp³-hybridized carbons (Fsp3) is 0. The smallest absolute Gasteiger partial charge is 0.276 e. The first-order valence-electron chi connectivity index (χ1n) is 5.77. The number of amides is 1. The molecule has 1 amide bonds. The van der Waals surface area contributed by atoms with Crippen LogP contribution in [0.3, 0.4) is 0 Å². The quantitative estimate of drug-likeness (QED) is 0.757. The highest BCUT2D eigenvalue weighted by Gasteiger charge is 2.18. The maximum Gasteiger partial charge on any atom is 0.276 e. The Kier molecular flexibility index (Phi) is 2.86. The van der Waals surface area contributed by atoms with E-state index in [9.17, 15) is 4.79 Å². The van der Waals surface area contributed by atoms with Crippen molar-refractivity contribution in [2.75, 3.05) is 5.32 Å². The van der Waals surface area contributed by atoms with Crippen LogP contribution in [0.25, 0.3) is 11.3 Å². The number of anilines is 1. The Hall–Kier alpha value is -2.82. The van der Waals surface area contributed by atoms with Gasteiger partial charge in [0.2, 0.25) is 0 Å². The summed E-state index contributed by atoms with van der Waals surface area (Å²) < 4.78 is 0. The van der Waals surface area contributed by atoms with E-state index >= 15 is 0 Å². The van der Waals surface area contributed by atoms with E-state index < -0.39 is 0 Å².